The standard InChI is InChI=1S/C9H17N3O/c1-4-7(2)5-9(13)8-6-10-11-12(8)3/h6-7,9,13H,4-5H2,1-3H3. The van der Waals surface area contributed by atoms with Crippen LogP contribution in [0.5, 0.6) is 0 Å². The van der Waals surface area contributed by atoms with E-state index in [0.717, 1.165) is 18.5 Å². The molecule has 2 unspecified atom stereocenters. The van der Waals surface area contributed by atoms with E-state index < -0.39 is 6.10 Å². The van der Waals surface area contributed by atoms with Crippen LogP contribution in [0.15, 0.2) is 6.20 Å². The van der Waals surface area contributed by atoms with E-state index in [1.54, 1.807) is 17.9 Å². The molecule has 1 aromatic heterocycles. The number of rotatable bonds is 4. The molecule has 13 heavy (non-hydrogen) atoms. The lowest BCUT2D eigenvalue weighted by atomic mass is 10.00. The molecule has 0 bridgehead atoms. The monoisotopic (exact) mass is 183 g/mol. The average Bonchev–Trinajstić information content (AvgIpc) is 2.51. The van der Waals surface area contributed by atoms with Crippen molar-refractivity contribution in [2.24, 2.45) is 13.0 Å². The molecule has 0 fully saturated rings. The van der Waals surface area contributed by atoms with Crippen molar-refractivity contribution < 1.29 is 5.11 Å². The number of aliphatic hydroxyl groups is 1. The van der Waals surface area contributed by atoms with Gasteiger partial charge in [-0.25, -0.2) is 4.68 Å². The first-order valence-corrected chi connectivity index (χ1v) is 4.67. The van der Waals surface area contributed by atoms with Gasteiger partial charge in [0.1, 0.15) is 0 Å². The average molecular weight is 183 g/mol. The zero-order chi connectivity index (χ0) is 9.84. The molecule has 4 heteroatoms. The van der Waals surface area contributed by atoms with Crippen molar-refractivity contribution in [1.82, 2.24) is 15.0 Å². The van der Waals surface area contributed by atoms with Gasteiger partial charge in [0, 0.05) is 7.05 Å². The molecule has 0 amide bonds. The summed E-state index contributed by atoms with van der Waals surface area (Å²) in [6, 6.07) is 0. The van der Waals surface area contributed by atoms with Crippen molar-refractivity contribution in [3.05, 3.63) is 11.9 Å². The summed E-state index contributed by atoms with van der Waals surface area (Å²) in [4.78, 5) is 0. The predicted molar refractivity (Wildman–Crippen MR) is 50.0 cm³/mol. The summed E-state index contributed by atoms with van der Waals surface area (Å²) < 4.78 is 1.62. The van der Waals surface area contributed by atoms with Gasteiger partial charge in [-0.1, -0.05) is 25.5 Å². The van der Waals surface area contributed by atoms with Gasteiger partial charge in [0.25, 0.3) is 0 Å². The van der Waals surface area contributed by atoms with Crippen LogP contribution in [-0.2, 0) is 7.05 Å². The van der Waals surface area contributed by atoms with Gasteiger partial charge in [0.05, 0.1) is 18.0 Å². The van der Waals surface area contributed by atoms with Crippen molar-refractivity contribution in [2.45, 2.75) is 32.8 Å². The van der Waals surface area contributed by atoms with Crippen LogP contribution < -0.4 is 0 Å². The number of nitrogens with zero attached hydrogens (tertiary/aromatic N) is 3. The molecule has 0 radical (unpaired) electrons. The van der Waals surface area contributed by atoms with Gasteiger partial charge >= 0.3 is 0 Å². The summed E-state index contributed by atoms with van der Waals surface area (Å²) in [5, 5.41) is 17.3. The largest absolute Gasteiger partial charge is 0.387 e. The molecule has 0 aliphatic carbocycles. The van der Waals surface area contributed by atoms with Crippen molar-refractivity contribution in [1.29, 1.82) is 0 Å². The highest BCUT2D eigenvalue weighted by atomic mass is 16.3. The van der Waals surface area contributed by atoms with Gasteiger partial charge in [-0.3, -0.25) is 0 Å². The highest BCUT2D eigenvalue weighted by Gasteiger charge is 2.14. The topological polar surface area (TPSA) is 50.9 Å². The molecule has 0 spiro atoms. The maximum absolute atomic E-state index is 9.79. The van der Waals surface area contributed by atoms with Gasteiger partial charge < -0.3 is 5.11 Å². The maximum Gasteiger partial charge on any atom is 0.0975 e. The van der Waals surface area contributed by atoms with Crippen molar-refractivity contribution in [3.63, 3.8) is 0 Å². The molecule has 0 aromatic carbocycles. The van der Waals surface area contributed by atoms with Crippen molar-refractivity contribution in [3.8, 4) is 0 Å². The third kappa shape index (κ3) is 2.52. The Morgan fingerprint density at radius 3 is 2.77 bits per heavy atom. The summed E-state index contributed by atoms with van der Waals surface area (Å²) in [6.45, 7) is 4.26. The molecule has 1 aromatic rings. The Balaban J connectivity index is 2.58. The highest BCUT2D eigenvalue weighted by Crippen LogP contribution is 2.21. The first-order valence-electron chi connectivity index (χ1n) is 4.67. The highest BCUT2D eigenvalue weighted by molar-refractivity contribution is 4.98. The van der Waals surface area contributed by atoms with E-state index in [4.69, 9.17) is 0 Å². The van der Waals surface area contributed by atoms with E-state index in [1.165, 1.54) is 0 Å². The molecule has 74 valence electrons. The fourth-order valence-corrected chi connectivity index (χ4v) is 1.27. The second kappa shape index (κ2) is 4.37. The quantitative estimate of drug-likeness (QED) is 0.765. The normalized spacial score (nSPS) is 15.7. The summed E-state index contributed by atoms with van der Waals surface area (Å²) in [6.07, 6.45) is 3.04. The number of aryl methyl sites for hydroxylation is 1. The summed E-state index contributed by atoms with van der Waals surface area (Å²) >= 11 is 0. The summed E-state index contributed by atoms with van der Waals surface area (Å²) in [5.74, 6) is 0.532. The van der Waals surface area contributed by atoms with E-state index in [9.17, 15) is 5.11 Å². The van der Waals surface area contributed by atoms with Crippen LogP contribution in [0, 0.1) is 5.92 Å². The lowest BCUT2D eigenvalue weighted by Gasteiger charge is -2.14. The van der Waals surface area contributed by atoms with Crippen LogP contribution in [-0.4, -0.2) is 20.1 Å². The minimum absolute atomic E-state index is 0.435. The van der Waals surface area contributed by atoms with Crippen LogP contribution in [0.25, 0.3) is 0 Å². The molecule has 0 aliphatic heterocycles. The maximum atomic E-state index is 9.79. The van der Waals surface area contributed by atoms with Gasteiger partial charge in [0.2, 0.25) is 0 Å². The molecule has 0 saturated carbocycles. The second-order valence-electron chi connectivity index (χ2n) is 3.55. The Morgan fingerprint density at radius 2 is 2.31 bits per heavy atom. The molecule has 1 N–H and O–H groups in total. The van der Waals surface area contributed by atoms with E-state index in [-0.39, 0.29) is 0 Å². The molecular weight excluding hydrogens is 166 g/mol. The fraction of sp³-hybridized carbons (Fsp3) is 0.778. The van der Waals surface area contributed by atoms with Crippen molar-refractivity contribution >= 4 is 0 Å². The molecule has 0 aliphatic rings. The molecule has 4 nitrogen and oxygen atoms in total. The number of aromatic nitrogens is 3. The third-order valence-electron chi connectivity index (χ3n) is 2.41. The number of hydrogen-bond donors (Lipinski definition) is 1. The first-order chi connectivity index (χ1) is 6.15. The number of aliphatic hydroxyl groups excluding tert-OH is 1. The van der Waals surface area contributed by atoms with Gasteiger partial charge in [0.15, 0.2) is 0 Å². The van der Waals surface area contributed by atoms with E-state index in [0.29, 0.717) is 5.92 Å². The number of hydrogen-bond acceptors (Lipinski definition) is 3. The van der Waals surface area contributed by atoms with E-state index >= 15 is 0 Å². The molecule has 1 heterocycles. The Kier molecular flexibility index (Phi) is 3.42. The Labute approximate surface area is 78.6 Å². The van der Waals surface area contributed by atoms with Gasteiger partial charge in [-0.2, -0.15) is 0 Å². The molecule has 1 rings (SSSR count). The zero-order valence-corrected chi connectivity index (χ0v) is 8.44. The smallest absolute Gasteiger partial charge is 0.0975 e. The van der Waals surface area contributed by atoms with E-state index in [1.807, 2.05) is 0 Å². The van der Waals surface area contributed by atoms with Crippen LogP contribution in [0.4, 0.5) is 0 Å². The third-order valence-corrected chi connectivity index (χ3v) is 2.41. The van der Waals surface area contributed by atoms with Crippen LogP contribution in [0.1, 0.15) is 38.5 Å². The first kappa shape index (κ1) is 10.2. The second-order valence-corrected chi connectivity index (χ2v) is 3.55. The SMILES string of the molecule is CCC(C)CC(O)c1cnnn1C. The Morgan fingerprint density at radius 1 is 1.62 bits per heavy atom. The van der Waals surface area contributed by atoms with Crippen LogP contribution >= 0.6 is 0 Å². The van der Waals surface area contributed by atoms with Crippen LogP contribution in [0.2, 0.25) is 0 Å². The predicted octanol–water partition coefficient (Wildman–Crippen LogP) is 1.28. The summed E-state index contributed by atoms with van der Waals surface area (Å²) in [5.41, 5.74) is 0.792. The molecule has 2 atom stereocenters. The molecule has 0 saturated heterocycles. The minimum Gasteiger partial charge on any atom is -0.387 e. The van der Waals surface area contributed by atoms with Crippen molar-refractivity contribution in [2.75, 3.05) is 0 Å². The Bertz CT molecular complexity index is 259. The lowest BCUT2D eigenvalue weighted by molar-refractivity contribution is 0.138. The van der Waals surface area contributed by atoms with Gasteiger partial charge in [-0.15, -0.1) is 5.10 Å². The fourth-order valence-electron chi connectivity index (χ4n) is 1.27. The zero-order valence-electron chi connectivity index (χ0n) is 8.44. The van der Waals surface area contributed by atoms with Crippen LogP contribution in [0.3, 0.4) is 0 Å². The minimum atomic E-state index is -0.435. The van der Waals surface area contributed by atoms with Gasteiger partial charge in [-0.05, 0) is 12.3 Å². The van der Waals surface area contributed by atoms with E-state index in [2.05, 4.69) is 24.2 Å². The Hall–Kier alpha value is -0.900. The molecular formula is C9H17N3O. The lowest BCUT2D eigenvalue weighted by Crippen LogP contribution is -2.08. The summed E-state index contributed by atoms with van der Waals surface area (Å²) in [7, 11) is 1.79.